The molecule has 0 fully saturated rings. The predicted molar refractivity (Wildman–Crippen MR) is 117 cm³/mol. The van der Waals surface area contributed by atoms with Crippen LogP contribution < -0.4 is 10.6 Å². The summed E-state index contributed by atoms with van der Waals surface area (Å²) < 4.78 is 40.3. The highest BCUT2D eigenvalue weighted by molar-refractivity contribution is 7.89. The summed E-state index contributed by atoms with van der Waals surface area (Å²) in [4.78, 5) is 12.7. The fourth-order valence-electron chi connectivity index (χ4n) is 3.11. The molecule has 6 nitrogen and oxygen atoms in total. The largest absolute Gasteiger partial charge is 0.325 e. The van der Waals surface area contributed by atoms with Crippen LogP contribution in [0.5, 0.6) is 0 Å². The third-order valence-electron chi connectivity index (χ3n) is 5.06. The Labute approximate surface area is 178 Å². The second-order valence-electron chi connectivity index (χ2n) is 7.22. The Morgan fingerprint density at radius 1 is 1.07 bits per heavy atom. The first-order valence-electron chi connectivity index (χ1n) is 10.0. The minimum absolute atomic E-state index is 0.189. The Kier molecular flexibility index (Phi) is 8.11. The average Bonchev–Trinajstić information content (AvgIpc) is 2.71. The van der Waals surface area contributed by atoms with E-state index in [1.807, 2.05) is 6.92 Å². The zero-order valence-corrected chi connectivity index (χ0v) is 18.9. The van der Waals surface area contributed by atoms with Gasteiger partial charge in [0.1, 0.15) is 5.82 Å². The predicted octanol–water partition coefficient (Wildman–Crippen LogP) is 3.84. The van der Waals surface area contributed by atoms with E-state index in [1.165, 1.54) is 10.4 Å². The van der Waals surface area contributed by atoms with Gasteiger partial charge in [-0.2, -0.15) is 4.31 Å². The van der Waals surface area contributed by atoms with Crippen LogP contribution in [0.4, 0.5) is 10.1 Å². The fourth-order valence-corrected chi connectivity index (χ4v) is 4.57. The first kappa shape index (κ1) is 24.0. The van der Waals surface area contributed by atoms with Gasteiger partial charge in [0.05, 0.1) is 10.9 Å². The molecule has 0 heterocycles. The number of hydrogen-bond acceptors (Lipinski definition) is 4. The molecular formula is C22H30FN3O3S. The molecule has 0 saturated carbocycles. The molecule has 2 aromatic rings. The van der Waals surface area contributed by atoms with Crippen molar-refractivity contribution in [3.05, 3.63) is 59.4 Å². The summed E-state index contributed by atoms with van der Waals surface area (Å²) in [5, 5.41) is 5.87. The van der Waals surface area contributed by atoms with Gasteiger partial charge in [-0.05, 0) is 56.2 Å². The van der Waals surface area contributed by atoms with Crippen molar-refractivity contribution in [1.82, 2.24) is 9.62 Å². The molecule has 2 atom stereocenters. The highest BCUT2D eigenvalue weighted by Gasteiger charge is 2.22. The van der Waals surface area contributed by atoms with E-state index in [9.17, 15) is 17.6 Å². The van der Waals surface area contributed by atoms with E-state index in [0.717, 1.165) is 5.56 Å². The minimum atomic E-state index is -3.50. The molecule has 2 aromatic carbocycles. The monoisotopic (exact) mass is 435 g/mol. The molecule has 2 N–H and O–H groups in total. The van der Waals surface area contributed by atoms with Crippen molar-refractivity contribution in [1.29, 1.82) is 0 Å². The molecule has 8 heteroatoms. The summed E-state index contributed by atoms with van der Waals surface area (Å²) in [6.07, 6.45) is 0. The van der Waals surface area contributed by atoms with Gasteiger partial charge in [-0.25, -0.2) is 12.8 Å². The molecule has 0 aliphatic rings. The number of amides is 1. The molecule has 0 spiro atoms. The second-order valence-corrected chi connectivity index (χ2v) is 9.16. The van der Waals surface area contributed by atoms with Crippen LogP contribution in [-0.2, 0) is 14.8 Å². The Hall–Kier alpha value is -2.29. The van der Waals surface area contributed by atoms with Crippen LogP contribution in [0, 0.1) is 12.7 Å². The first-order valence-corrected chi connectivity index (χ1v) is 11.5. The number of rotatable bonds is 9. The SMILES string of the molecule is CCN(CC)S(=O)(=O)c1ccc(C(C)NC(C)C(=O)Nc2ccc(C)c(F)c2)cc1. The van der Waals surface area contributed by atoms with Gasteiger partial charge in [-0.3, -0.25) is 10.1 Å². The maximum absolute atomic E-state index is 13.7. The molecule has 0 aliphatic heterocycles. The molecule has 0 saturated heterocycles. The van der Waals surface area contributed by atoms with Gasteiger partial charge in [0, 0.05) is 24.8 Å². The smallest absolute Gasteiger partial charge is 0.243 e. The number of carbonyl (C=O) groups is 1. The van der Waals surface area contributed by atoms with Gasteiger partial charge in [0.25, 0.3) is 0 Å². The van der Waals surface area contributed by atoms with Crippen molar-refractivity contribution in [3.8, 4) is 0 Å². The summed E-state index contributed by atoms with van der Waals surface area (Å²) in [6.45, 7) is 9.70. The molecule has 30 heavy (non-hydrogen) atoms. The highest BCUT2D eigenvalue weighted by atomic mass is 32.2. The van der Waals surface area contributed by atoms with Crippen LogP contribution in [0.2, 0.25) is 0 Å². The summed E-state index contributed by atoms with van der Waals surface area (Å²) in [5.41, 5.74) is 1.77. The standard InChI is InChI=1S/C22H30FN3O3S/c1-6-26(7-2)30(28,29)20-12-9-18(10-13-20)16(4)24-17(5)22(27)25-19-11-8-15(3)21(23)14-19/h8-14,16-17,24H,6-7H2,1-5H3,(H,25,27). The molecule has 0 radical (unpaired) electrons. The van der Waals surface area contributed by atoms with Gasteiger partial charge in [-0.1, -0.05) is 32.0 Å². The van der Waals surface area contributed by atoms with Gasteiger partial charge < -0.3 is 5.32 Å². The summed E-state index contributed by atoms with van der Waals surface area (Å²) >= 11 is 0. The molecule has 0 aromatic heterocycles. The fraction of sp³-hybridized carbons (Fsp3) is 0.409. The van der Waals surface area contributed by atoms with Crippen molar-refractivity contribution in [3.63, 3.8) is 0 Å². The first-order chi connectivity index (χ1) is 14.1. The zero-order chi connectivity index (χ0) is 22.5. The molecule has 2 rings (SSSR count). The molecule has 0 aliphatic carbocycles. The van der Waals surface area contributed by atoms with Crippen LogP contribution in [-0.4, -0.2) is 37.8 Å². The number of sulfonamides is 1. The second kappa shape index (κ2) is 10.1. The van der Waals surface area contributed by atoms with Crippen molar-refractivity contribution in [2.75, 3.05) is 18.4 Å². The number of halogens is 1. The quantitative estimate of drug-likeness (QED) is 0.627. The van der Waals surface area contributed by atoms with Gasteiger partial charge in [0.15, 0.2) is 0 Å². The van der Waals surface area contributed by atoms with Crippen LogP contribution in [0.15, 0.2) is 47.4 Å². The average molecular weight is 436 g/mol. The Balaban J connectivity index is 2.03. The number of carbonyl (C=O) groups excluding carboxylic acids is 1. The van der Waals surface area contributed by atoms with Crippen LogP contribution in [0.1, 0.15) is 44.9 Å². The Bertz CT molecular complexity index is 974. The topological polar surface area (TPSA) is 78.5 Å². The van der Waals surface area contributed by atoms with E-state index in [2.05, 4.69) is 10.6 Å². The van der Waals surface area contributed by atoms with E-state index in [1.54, 1.807) is 64.1 Å². The maximum atomic E-state index is 13.7. The number of nitrogens with zero attached hydrogens (tertiary/aromatic N) is 1. The van der Waals surface area contributed by atoms with E-state index in [4.69, 9.17) is 0 Å². The van der Waals surface area contributed by atoms with Gasteiger partial charge in [0.2, 0.25) is 15.9 Å². The van der Waals surface area contributed by atoms with Gasteiger partial charge >= 0.3 is 0 Å². The van der Waals surface area contributed by atoms with Crippen molar-refractivity contribution < 1.29 is 17.6 Å². The van der Waals surface area contributed by atoms with Crippen LogP contribution >= 0.6 is 0 Å². The van der Waals surface area contributed by atoms with E-state index < -0.39 is 16.1 Å². The number of hydrogen-bond donors (Lipinski definition) is 2. The number of aryl methyl sites for hydroxylation is 1. The van der Waals surface area contributed by atoms with Crippen molar-refractivity contribution >= 4 is 21.6 Å². The lowest BCUT2D eigenvalue weighted by Crippen LogP contribution is -2.39. The van der Waals surface area contributed by atoms with Crippen molar-refractivity contribution in [2.24, 2.45) is 0 Å². The highest BCUT2D eigenvalue weighted by Crippen LogP contribution is 2.20. The maximum Gasteiger partial charge on any atom is 0.243 e. The summed E-state index contributed by atoms with van der Waals surface area (Å²) in [6, 6.07) is 10.5. The lowest BCUT2D eigenvalue weighted by atomic mass is 10.1. The molecule has 2 unspecified atom stereocenters. The molecule has 1 amide bonds. The molecule has 0 bridgehead atoms. The van der Waals surface area contributed by atoms with Crippen molar-refractivity contribution in [2.45, 2.75) is 51.6 Å². The third kappa shape index (κ3) is 5.65. The van der Waals surface area contributed by atoms with E-state index in [0.29, 0.717) is 24.3 Å². The minimum Gasteiger partial charge on any atom is -0.325 e. The lowest BCUT2D eigenvalue weighted by Gasteiger charge is -2.21. The van der Waals surface area contributed by atoms with E-state index >= 15 is 0 Å². The lowest BCUT2D eigenvalue weighted by molar-refractivity contribution is -0.117. The Morgan fingerprint density at radius 2 is 1.67 bits per heavy atom. The van der Waals surface area contributed by atoms with Crippen LogP contribution in [0.25, 0.3) is 0 Å². The van der Waals surface area contributed by atoms with Crippen LogP contribution in [0.3, 0.4) is 0 Å². The van der Waals surface area contributed by atoms with E-state index in [-0.39, 0.29) is 22.7 Å². The number of nitrogens with one attached hydrogen (secondary N) is 2. The molecular weight excluding hydrogens is 405 g/mol. The summed E-state index contributed by atoms with van der Waals surface area (Å²) in [5.74, 6) is -0.660. The third-order valence-corrected chi connectivity index (χ3v) is 7.12. The molecule has 164 valence electrons. The Morgan fingerprint density at radius 3 is 2.20 bits per heavy atom. The van der Waals surface area contributed by atoms with Gasteiger partial charge in [-0.15, -0.1) is 0 Å². The normalized spacial score (nSPS) is 13.8. The zero-order valence-electron chi connectivity index (χ0n) is 18.1. The number of anilines is 1. The number of benzene rings is 2. The summed E-state index contributed by atoms with van der Waals surface area (Å²) in [7, 11) is -3.50.